The molecule has 5 nitrogen and oxygen atoms in total. The molecule has 1 aromatic carbocycles. The molecule has 0 fully saturated rings. The monoisotopic (exact) mass is 306 g/mol. The number of anilines is 2. The Labute approximate surface area is 134 Å². The van der Waals surface area contributed by atoms with Gasteiger partial charge in [0.25, 0.3) is 5.91 Å². The molecule has 116 valence electrons. The van der Waals surface area contributed by atoms with Gasteiger partial charge in [0.15, 0.2) is 0 Å². The van der Waals surface area contributed by atoms with Crippen molar-refractivity contribution in [3.8, 4) is 0 Å². The molecule has 2 heterocycles. The summed E-state index contributed by atoms with van der Waals surface area (Å²) in [5.41, 5.74) is 2.79. The Morgan fingerprint density at radius 2 is 1.96 bits per heavy atom. The molecule has 2 aromatic heterocycles. The fourth-order valence-electron chi connectivity index (χ4n) is 2.38. The van der Waals surface area contributed by atoms with Crippen LogP contribution in [0.15, 0.2) is 55.0 Å². The number of amides is 1. The lowest BCUT2D eigenvalue weighted by molar-refractivity contribution is 0.102. The first-order chi connectivity index (χ1) is 11.1. The number of benzene rings is 1. The molecule has 23 heavy (non-hydrogen) atoms. The highest BCUT2D eigenvalue weighted by Gasteiger charge is 2.10. The SMILES string of the molecule is CC(C)Nc1cncc(C(=O)Nc2cccc3cccnc23)c1. The van der Waals surface area contributed by atoms with Crippen LogP contribution in [0.4, 0.5) is 11.4 Å². The smallest absolute Gasteiger partial charge is 0.257 e. The molecular weight excluding hydrogens is 288 g/mol. The van der Waals surface area contributed by atoms with E-state index in [0.717, 1.165) is 16.6 Å². The third-order valence-corrected chi connectivity index (χ3v) is 3.34. The van der Waals surface area contributed by atoms with Crippen LogP contribution in [0.3, 0.4) is 0 Å². The number of rotatable bonds is 4. The molecule has 3 rings (SSSR count). The standard InChI is InChI=1S/C18H18N4O/c1-12(2)21-15-9-14(10-19-11-15)18(23)22-16-7-3-5-13-6-4-8-20-17(13)16/h3-12,21H,1-2H3,(H,22,23). The third-order valence-electron chi connectivity index (χ3n) is 3.34. The zero-order chi connectivity index (χ0) is 16.2. The number of hydrogen-bond donors (Lipinski definition) is 2. The lowest BCUT2D eigenvalue weighted by atomic mass is 10.1. The van der Waals surface area contributed by atoms with Crippen LogP contribution in [-0.2, 0) is 0 Å². The minimum atomic E-state index is -0.206. The number of carbonyl (C=O) groups is 1. The summed E-state index contributed by atoms with van der Waals surface area (Å²) in [4.78, 5) is 21.0. The molecule has 0 bridgehead atoms. The topological polar surface area (TPSA) is 66.9 Å². The number of nitrogens with one attached hydrogen (secondary N) is 2. The molecule has 0 aliphatic carbocycles. The van der Waals surface area contributed by atoms with Gasteiger partial charge in [-0.3, -0.25) is 14.8 Å². The van der Waals surface area contributed by atoms with E-state index in [9.17, 15) is 4.79 Å². The number of fused-ring (bicyclic) bond motifs is 1. The Morgan fingerprint density at radius 3 is 2.78 bits per heavy atom. The van der Waals surface area contributed by atoms with Gasteiger partial charge >= 0.3 is 0 Å². The van der Waals surface area contributed by atoms with E-state index in [1.807, 2.05) is 44.2 Å². The highest BCUT2D eigenvalue weighted by atomic mass is 16.1. The van der Waals surface area contributed by atoms with Gasteiger partial charge in [-0.25, -0.2) is 0 Å². The van der Waals surface area contributed by atoms with Gasteiger partial charge in [-0.1, -0.05) is 18.2 Å². The van der Waals surface area contributed by atoms with Crippen LogP contribution in [-0.4, -0.2) is 21.9 Å². The Bertz CT molecular complexity index is 840. The van der Waals surface area contributed by atoms with Crippen LogP contribution in [0, 0.1) is 0 Å². The molecule has 0 saturated carbocycles. The van der Waals surface area contributed by atoms with Crippen LogP contribution in [0.25, 0.3) is 10.9 Å². The van der Waals surface area contributed by atoms with Crippen LogP contribution in [0.1, 0.15) is 24.2 Å². The average Bonchev–Trinajstić information content (AvgIpc) is 2.55. The number of carbonyl (C=O) groups excluding carboxylic acids is 1. The van der Waals surface area contributed by atoms with Gasteiger partial charge in [0.2, 0.25) is 0 Å². The highest BCUT2D eigenvalue weighted by molar-refractivity contribution is 6.08. The van der Waals surface area contributed by atoms with Gasteiger partial charge in [0.1, 0.15) is 0 Å². The van der Waals surface area contributed by atoms with Crippen LogP contribution in [0.2, 0.25) is 0 Å². The maximum absolute atomic E-state index is 12.5. The highest BCUT2D eigenvalue weighted by Crippen LogP contribution is 2.21. The predicted octanol–water partition coefficient (Wildman–Crippen LogP) is 3.70. The van der Waals surface area contributed by atoms with E-state index in [1.54, 1.807) is 24.7 Å². The largest absolute Gasteiger partial charge is 0.382 e. The van der Waals surface area contributed by atoms with E-state index in [2.05, 4.69) is 20.6 Å². The molecule has 5 heteroatoms. The summed E-state index contributed by atoms with van der Waals surface area (Å²) >= 11 is 0. The summed E-state index contributed by atoms with van der Waals surface area (Å²) in [7, 11) is 0. The Kier molecular flexibility index (Phi) is 4.19. The summed E-state index contributed by atoms with van der Waals surface area (Å²) < 4.78 is 0. The lowest BCUT2D eigenvalue weighted by Crippen LogP contribution is -2.14. The maximum Gasteiger partial charge on any atom is 0.257 e. The Morgan fingerprint density at radius 1 is 1.13 bits per heavy atom. The summed E-state index contributed by atoms with van der Waals surface area (Å²) in [5, 5.41) is 7.14. The minimum Gasteiger partial charge on any atom is -0.382 e. The summed E-state index contributed by atoms with van der Waals surface area (Å²) in [6.07, 6.45) is 4.97. The molecule has 1 amide bonds. The van der Waals surface area contributed by atoms with E-state index in [4.69, 9.17) is 0 Å². The van der Waals surface area contributed by atoms with Crippen molar-refractivity contribution < 1.29 is 4.79 Å². The Hall–Kier alpha value is -2.95. The molecule has 0 spiro atoms. The second-order valence-electron chi connectivity index (χ2n) is 5.60. The molecule has 0 saturated heterocycles. The number of pyridine rings is 2. The van der Waals surface area contributed by atoms with Crippen molar-refractivity contribution in [3.05, 3.63) is 60.6 Å². The third kappa shape index (κ3) is 3.45. The summed E-state index contributed by atoms with van der Waals surface area (Å²) in [5.74, 6) is -0.206. The van der Waals surface area contributed by atoms with Crippen molar-refractivity contribution in [2.45, 2.75) is 19.9 Å². The normalized spacial score (nSPS) is 10.7. The first-order valence-electron chi connectivity index (χ1n) is 7.50. The molecule has 0 aliphatic rings. The van der Waals surface area contributed by atoms with E-state index < -0.39 is 0 Å². The zero-order valence-electron chi connectivity index (χ0n) is 13.1. The van der Waals surface area contributed by atoms with Crippen LogP contribution in [0.5, 0.6) is 0 Å². The molecule has 2 N–H and O–H groups in total. The summed E-state index contributed by atoms with van der Waals surface area (Å²) in [6, 6.07) is 11.6. The number of aromatic nitrogens is 2. The van der Waals surface area contributed by atoms with Crippen molar-refractivity contribution >= 4 is 28.2 Å². The van der Waals surface area contributed by atoms with E-state index in [-0.39, 0.29) is 11.9 Å². The maximum atomic E-state index is 12.5. The molecular formula is C18H18N4O. The van der Waals surface area contributed by atoms with Gasteiger partial charge in [0, 0.05) is 30.0 Å². The molecule has 0 aliphatic heterocycles. The molecule has 0 atom stereocenters. The number of hydrogen-bond acceptors (Lipinski definition) is 4. The second kappa shape index (κ2) is 6.44. The van der Waals surface area contributed by atoms with Crippen LogP contribution < -0.4 is 10.6 Å². The minimum absolute atomic E-state index is 0.206. The van der Waals surface area contributed by atoms with Gasteiger partial charge in [0.05, 0.1) is 22.5 Å². The fourth-order valence-corrected chi connectivity index (χ4v) is 2.38. The van der Waals surface area contributed by atoms with Crippen molar-refractivity contribution in [1.82, 2.24) is 9.97 Å². The predicted molar refractivity (Wildman–Crippen MR) is 92.7 cm³/mol. The number of nitrogens with zero attached hydrogens (tertiary/aromatic N) is 2. The van der Waals surface area contributed by atoms with Crippen molar-refractivity contribution in [3.63, 3.8) is 0 Å². The lowest BCUT2D eigenvalue weighted by Gasteiger charge is -2.11. The quantitative estimate of drug-likeness (QED) is 0.771. The van der Waals surface area contributed by atoms with Crippen molar-refractivity contribution in [2.24, 2.45) is 0 Å². The van der Waals surface area contributed by atoms with E-state index in [1.165, 1.54) is 0 Å². The second-order valence-corrected chi connectivity index (χ2v) is 5.60. The first-order valence-corrected chi connectivity index (χ1v) is 7.50. The molecule has 0 radical (unpaired) electrons. The average molecular weight is 306 g/mol. The van der Waals surface area contributed by atoms with Crippen LogP contribution >= 0.6 is 0 Å². The van der Waals surface area contributed by atoms with E-state index >= 15 is 0 Å². The fraction of sp³-hybridized carbons (Fsp3) is 0.167. The molecule has 0 unspecified atom stereocenters. The molecule has 3 aromatic rings. The van der Waals surface area contributed by atoms with E-state index in [0.29, 0.717) is 11.3 Å². The van der Waals surface area contributed by atoms with Gasteiger partial charge in [-0.05, 0) is 32.0 Å². The van der Waals surface area contributed by atoms with Crippen molar-refractivity contribution in [2.75, 3.05) is 10.6 Å². The first kappa shape index (κ1) is 15.0. The van der Waals surface area contributed by atoms with Crippen molar-refractivity contribution in [1.29, 1.82) is 0 Å². The summed E-state index contributed by atoms with van der Waals surface area (Å²) in [6.45, 7) is 4.07. The zero-order valence-corrected chi connectivity index (χ0v) is 13.1. The number of para-hydroxylation sites is 1. The van der Waals surface area contributed by atoms with Gasteiger partial charge in [-0.2, -0.15) is 0 Å². The van der Waals surface area contributed by atoms with Gasteiger partial charge in [-0.15, -0.1) is 0 Å². The Balaban J connectivity index is 1.86. The van der Waals surface area contributed by atoms with Gasteiger partial charge < -0.3 is 10.6 Å².